The molecule has 6 heteroatoms. The lowest BCUT2D eigenvalue weighted by atomic mass is 10.1. The number of benzene rings is 1. The van der Waals surface area contributed by atoms with Crippen molar-refractivity contribution in [2.24, 2.45) is 10.9 Å². The van der Waals surface area contributed by atoms with Gasteiger partial charge in [-0.15, -0.1) is 0 Å². The van der Waals surface area contributed by atoms with E-state index < -0.39 is 0 Å². The molecule has 0 bridgehead atoms. The molecule has 1 aliphatic rings. The number of halogens is 1. The Kier molecular flexibility index (Phi) is 5.52. The minimum Gasteiger partial charge on any atom is -0.409 e. The van der Waals surface area contributed by atoms with Crippen molar-refractivity contribution >= 4 is 5.84 Å². The summed E-state index contributed by atoms with van der Waals surface area (Å²) in [5, 5.41) is 12.0. The average molecular weight is 294 g/mol. The molecule has 116 valence electrons. The van der Waals surface area contributed by atoms with Gasteiger partial charge < -0.3 is 10.9 Å². The van der Waals surface area contributed by atoms with E-state index in [1.165, 1.54) is 12.1 Å². The predicted molar refractivity (Wildman–Crippen MR) is 80.7 cm³/mol. The Labute approximate surface area is 124 Å². The number of amidine groups is 1. The van der Waals surface area contributed by atoms with Crippen LogP contribution >= 0.6 is 0 Å². The molecule has 2 rings (SSSR count). The molecule has 1 fully saturated rings. The lowest BCUT2D eigenvalue weighted by molar-refractivity contribution is 0.110. The molecule has 21 heavy (non-hydrogen) atoms. The van der Waals surface area contributed by atoms with Crippen LogP contribution in [0.25, 0.3) is 0 Å². The van der Waals surface area contributed by atoms with Crippen LogP contribution in [0.3, 0.4) is 0 Å². The van der Waals surface area contributed by atoms with Gasteiger partial charge in [0.15, 0.2) is 5.84 Å². The fourth-order valence-electron chi connectivity index (χ4n) is 2.80. The molecule has 0 aromatic heterocycles. The Morgan fingerprint density at radius 1 is 1.29 bits per heavy atom. The molecule has 0 radical (unpaired) electrons. The van der Waals surface area contributed by atoms with E-state index in [1.54, 1.807) is 0 Å². The van der Waals surface area contributed by atoms with E-state index in [0.717, 1.165) is 44.7 Å². The summed E-state index contributed by atoms with van der Waals surface area (Å²) in [4.78, 5) is 4.58. The maximum absolute atomic E-state index is 12.9. The van der Waals surface area contributed by atoms with E-state index >= 15 is 0 Å². The van der Waals surface area contributed by atoms with Gasteiger partial charge in [-0.3, -0.25) is 9.80 Å². The van der Waals surface area contributed by atoms with Gasteiger partial charge in [-0.25, -0.2) is 4.39 Å². The third-order valence-corrected chi connectivity index (χ3v) is 4.01. The van der Waals surface area contributed by atoms with Gasteiger partial charge in [-0.1, -0.05) is 24.2 Å². The maximum Gasteiger partial charge on any atom is 0.156 e. The van der Waals surface area contributed by atoms with E-state index in [0.29, 0.717) is 0 Å². The quantitative estimate of drug-likeness (QED) is 0.373. The van der Waals surface area contributed by atoms with Crippen molar-refractivity contribution in [1.82, 2.24) is 9.80 Å². The molecule has 0 aliphatic carbocycles. The van der Waals surface area contributed by atoms with Gasteiger partial charge in [0.1, 0.15) is 5.82 Å². The molecule has 1 aromatic rings. The van der Waals surface area contributed by atoms with E-state index in [4.69, 9.17) is 10.9 Å². The summed E-state index contributed by atoms with van der Waals surface area (Å²) in [5.74, 6) is 0.0811. The smallest absolute Gasteiger partial charge is 0.156 e. The van der Waals surface area contributed by atoms with Crippen molar-refractivity contribution in [3.05, 3.63) is 35.6 Å². The van der Waals surface area contributed by atoms with E-state index in [2.05, 4.69) is 15.0 Å². The standard InChI is InChI=1S/C15H23FN4O/c1-2-14(15(17)18-21)20-9-7-19(8-10-20)11-12-3-5-13(16)6-4-12/h3-6,14,21H,2,7-11H2,1H3,(H2,17,18). The summed E-state index contributed by atoms with van der Waals surface area (Å²) in [7, 11) is 0. The molecular formula is C15H23FN4O. The number of hydrogen-bond acceptors (Lipinski definition) is 4. The van der Waals surface area contributed by atoms with Gasteiger partial charge in [-0.2, -0.15) is 0 Å². The number of nitrogens with two attached hydrogens (primary N) is 1. The van der Waals surface area contributed by atoms with Crippen LogP contribution in [0.2, 0.25) is 0 Å². The first-order chi connectivity index (χ1) is 10.1. The van der Waals surface area contributed by atoms with Gasteiger partial charge in [0.05, 0.1) is 6.04 Å². The predicted octanol–water partition coefficient (Wildman–Crippen LogP) is 1.47. The van der Waals surface area contributed by atoms with Crippen molar-refractivity contribution < 1.29 is 9.60 Å². The van der Waals surface area contributed by atoms with Crippen LogP contribution in [0.5, 0.6) is 0 Å². The summed E-state index contributed by atoms with van der Waals surface area (Å²) in [6, 6.07) is 6.65. The Balaban J connectivity index is 1.86. The van der Waals surface area contributed by atoms with Crippen LogP contribution in [0, 0.1) is 5.82 Å². The van der Waals surface area contributed by atoms with Crippen LogP contribution in [-0.4, -0.2) is 53.1 Å². The second kappa shape index (κ2) is 7.38. The number of piperazine rings is 1. The second-order valence-electron chi connectivity index (χ2n) is 5.39. The highest BCUT2D eigenvalue weighted by molar-refractivity contribution is 5.85. The van der Waals surface area contributed by atoms with Crippen LogP contribution in [-0.2, 0) is 6.54 Å². The Hall–Kier alpha value is -1.66. The molecule has 1 unspecified atom stereocenters. The van der Waals surface area contributed by atoms with Gasteiger partial charge in [0.25, 0.3) is 0 Å². The summed E-state index contributed by atoms with van der Waals surface area (Å²) >= 11 is 0. The molecule has 1 aliphatic heterocycles. The molecular weight excluding hydrogens is 271 g/mol. The van der Waals surface area contributed by atoms with Gasteiger partial charge >= 0.3 is 0 Å². The summed E-state index contributed by atoms with van der Waals surface area (Å²) in [6.45, 7) is 6.48. The molecule has 1 atom stereocenters. The van der Waals surface area contributed by atoms with Crippen molar-refractivity contribution in [3.8, 4) is 0 Å². The van der Waals surface area contributed by atoms with Gasteiger partial charge in [-0.05, 0) is 24.1 Å². The van der Waals surface area contributed by atoms with Crippen LogP contribution in [0.1, 0.15) is 18.9 Å². The summed E-state index contributed by atoms with van der Waals surface area (Å²) in [5.41, 5.74) is 6.86. The van der Waals surface area contributed by atoms with Crippen molar-refractivity contribution in [3.63, 3.8) is 0 Å². The zero-order valence-corrected chi connectivity index (χ0v) is 12.4. The summed E-state index contributed by atoms with van der Waals surface area (Å²) in [6.07, 6.45) is 0.827. The van der Waals surface area contributed by atoms with Crippen molar-refractivity contribution in [1.29, 1.82) is 0 Å². The number of rotatable bonds is 5. The maximum atomic E-state index is 12.9. The van der Waals surface area contributed by atoms with Gasteiger partial charge in [0, 0.05) is 32.7 Å². The third-order valence-electron chi connectivity index (χ3n) is 4.01. The second-order valence-corrected chi connectivity index (χ2v) is 5.39. The largest absolute Gasteiger partial charge is 0.409 e. The van der Waals surface area contributed by atoms with Crippen molar-refractivity contribution in [2.75, 3.05) is 26.2 Å². The lowest BCUT2D eigenvalue weighted by Gasteiger charge is -2.38. The molecule has 0 saturated carbocycles. The van der Waals surface area contributed by atoms with Crippen LogP contribution in [0.4, 0.5) is 4.39 Å². The first-order valence-electron chi connectivity index (χ1n) is 7.32. The number of nitrogens with zero attached hydrogens (tertiary/aromatic N) is 3. The normalized spacial score (nSPS) is 19.6. The zero-order valence-electron chi connectivity index (χ0n) is 12.4. The lowest BCUT2D eigenvalue weighted by Crippen LogP contribution is -2.53. The molecule has 1 aromatic carbocycles. The fraction of sp³-hybridized carbons (Fsp3) is 0.533. The SMILES string of the molecule is CCC(C(N)=NO)N1CCN(Cc2ccc(F)cc2)CC1. The summed E-state index contributed by atoms with van der Waals surface area (Å²) < 4.78 is 12.9. The highest BCUT2D eigenvalue weighted by Gasteiger charge is 2.25. The molecule has 0 spiro atoms. The third kappa shape index (κ3) is 4.15. The van der Waals surface area contributed by atoms with Crippen molar-refractivity contribution in [2.45, 2.75) is 25.9 Å². The van der Waals surface area contributed by atoms with Crippen LogP contribution < -0.4 is 5.73 Å². The highest BCUT2D eigenvalue weighted by Crippen LogP contribution is 2.13. The monoisotopic (exact) mass is 294 g/mol. The number of hydrogen-bond donors (Lipinski definition) is 2. The minimum absolute atomic E-state index is 0.00275. The Morgan fingerprint density at radius 2 is 1.90 bits per heavy atom. The van der Waals surface area contributed by atoms with Gasteiger partial charge in [0.2, 0.25) is 0 Å². The molecule has 1 saturated heterocycles. The minimum atomic E-state index is -0.201. The first kappa shape index (κ1) is 15.7. The first-order valence-corrected chi connectivity index (χ1v) is 7.32. The topological polar surface area (TPSA) is 65.1 Å². The Bertz CT molecular complexity index is 469. The molecule has 0 amide bonds. The number of oxime groups is 1. The highest BCUT2D eigenvalue weighted by atomic mass is 19.1. The zero-order chi connectivity index (χ0) is 15.2. The molecule has 1 heterocycles. The van der Waals surface area contributed by atoms with E-state index in [9.17, 15) is 4.39 Å². The van der Waals surface area contributed by atoms with E-state index in [1.807, 2.05) is 19.1 Å². The molecule has 5 nitrogen and oxygen atoms in total. The Morgan fingerprint density at radius 3 is 2.43 bits per heavy atom. The van der Waals surface area contributed by atoms with Crippen LogP contribution in [0.15, 0.2) is 29.4 Å². The average Bonchev–Trinajstić information content (AvgIpc) is 2.51. The van der Waals surface area contributed by atoms with E-state index in [-0.39, 0.29) is 17.7 Å². The molecule has 3 N–H and O–H groups in total. The fourth-order valence-corrected chi connectivity index (χ4v) is 2.80.